The molecule has 0 heterocycles. The van der Waals surface area contributed by atoms with Crippen LogP contribution in [0.3, 0.4) is 0 Å². The fourth-order valence-electron chi connectivity index (χ4n) is 3.50. The SMILES string of the molecule is CCCCCCCCCC(c1ccc(OC)cc1)c1ccc(OC)cc1. The van der Waals surface area contributed by atoms with E-state index in [0.717, 1.165) is 11.5 Å². The summed E-state index contributed by atoms with van der Waals surface area (Å²) in [5.74, 6) is 2.26. The van der Waals surface area contributed by atoms with Gasteiger partial charge in [-0.25, -0.2) is 0 Å². The fraction of sp³-hybridized carbons (Fsp3) is 0.500. The van der Waals surface area contributed by atoms with Gasteiger partial charge in [0.2, 0.25) is 0 Å². The molecule has 0 bridgehead atoms. The minimum atomic E-state index is 0.433. The quantitative estimate of drug-likeness (QED) is 0.383. The molecule has 0 aliphatic rings. The number of ether oxygens (including phenoxy) is 2. The standard InChI is InChI=1S/C24H34O2/c1-4-5-6-7-8-9-10-11-24(20-12-16-22(25-2)17-13-20)21-14-18-23(26-3)19-15-21/h12-19,24H,4-11H2,1-3H3. The van der Waals surface area contributed by atoms with Crippen molar-refractivity contribution in [2.45, 2.75) is 64.2 Å². The van der Waals surface area contributed by atoms with Gasteiger partial charge in [0, 0.05) is 5.92 Å². The van der Waals surface area contributed by atoms with Crippen LogP contribution in [0.2, 0.25) is 0 Å². The van der Waals surface area contributed by atoms with Gasteiger partial charge in [-0.2, -0.15) is 0 Å². The molecule has 0 N–H and O–H groups in total. The normalized spacial score (nSPS) is 10.9. The molecule has 0 aliphatic carbocycles. The molecule has 0 radical (unpaired) electrons. The second-order valence-corrected chi connectivity index (χ2v) is 7.01. The Kier molecular flexibility index (Phi) is 9.09. The minimum absolute atomic E-state index is 0.433. The van der Waals surface area contributed by atoms with Crippen molar-refractivity contribution in [3.63, 3.8) is 0 Å². The first-order valence-corrected chi connectivity index (χ1v) is 10.1. The molecule has 0 aliphatic heterocycles. The molecule has 2 nitrogen and oxygen atoms in total. The summed E-state index contributed by atoms with van der Waals surface area (Å²) in [6.07, 6.45) is 10.6. The molecule has 0 unspecified atom stereocenters. The fourth-order valence-corrected chi connectivity index (χ4v) is 3.50. The second kappa shape index (κ2) is 11.6. The summed E-state index contributed by atoms with van der Waals surface area (Å²) < 4.78 is 10.6. The van der Waals surface area contributed by atoms with Crippen LogP contribution in [-0.4, -0.2) is 14.2 Å². The summed E-state index contributed by atoms with van der Waals surface area (Å²) in [6, 6.07) is 17.1. The monoisotopic (exact) mass is 354 g/mol. The van der Waals surface area contributed by atoms with Gasteiger partial charge in [-0.1, -0.05) is 76.1 Å². The van der Waals surface area contributed by atoms with Crippen molar-refractivity contribution in [2.75, 3.05) is 14.2 Å². The Labute approximate surface area is 159 Å². The molecule has 0 spiro atoms. The highest BCUT2D eigenvalue weighted by Gasteiger charge is 2.14. The highest BCUT2D eigenvalue weighted by molar-refractivity contribution is 5.38. The van der Waals surface area contributed by atoms with E-state index in [0.29, 0.717) is 5.92 Å². The van der Waals surface area contributed by atoms with Crippen LogP contribution in [0.25, 0.3) is 0 Å². The number of hydrogen-bond donors (Lipinski definition) is 0. The van der Waals surface area contributed by atoms with E-state index in [4.69, 9.17) is 9.47 Å². The first-order valence-electron chi connectivity index (χ1n) is 10.1. The lowest BCUT2D eigenvalue weighted by Crippen LogP contribution is -2.02. The van der Waals surface area contributed by atoms with Crippen molar-refractivity contribution in [2.24, 2.45) is 0 Å². The molecule has 0 saturated carbocycles. The predicted octanol–water partition coefficient (Wildman–Crippen LogP) is 6.98. The Balaban J connectivity index is 2.00. The number of unbranched alkanes of at least 4 members (excludes halogenated alkanes) is 6. The van der Waals surface area contributed by atoms with Gasteiger partial charge in [0.1, 0.15) is 11.5 Å². The van der Waals surface area contributed by atoms with E-state index >= 15 is 0 Å². The average Bonchev–Trinajstić information content (AvgIpc) is 2.70. The zero-order chi connectivity index (χ0) is 18.6. The summed E-state index contributed by atoms with van der Waals surface area (Å²) in [7, 11) is 3.43. The summed E-state index contributed by atoms with van der Waals surface area (Å²) >= 11 is 0. The Hall–Kier alpha value is -1.96. The number of hydrogen-bond acceptors (Lipinski definition) is 2. The maximum Gasteiger partial charge on any atom is 0.118 e. The third-order valence-electron chi connectivity index (χ3n) is 5.13. The molecule has 2 aromatic carbocycles. The Morgan fingerprint density at radius 3 is 1.46 bits per heavy atom. The van der Waals surface area contributed by atoms with E-state index < -0.39 is 0 Å². The zero-order valence-electron chi connectivity index (χ0n) is 16.7. The molecule has 142 valence electrons. The van der Waals surface area contributed by atoms with Crippen molar-refractivity contribution < 1.29 is 9.47 Å². The van der Waals surface area contributed by atoms with Crippen molar-refractivity contribution in [1.82, 2.24) is 0 Å². The van der Waals surface area contributed by atoms with Gasteiger partial charge < -0.3 is 9.47 Å². The first kappa shape index (κ1) is 20.4. The Bertz CT molecular complexity index is 554. The highest BCUT2D eigenvalue weighted by atomic mass is 16.5. The predicted molar refractivity (Wildman–Crippen MR) is 110 cm³/mol. The van der Waals surface area contributed by atoms with Crippen molar-refractivity contribution in [1.29, 1.82) is 0 Å². The van der Waals surface area contributed by atoms with Crippen molar-refractivity contribution >= 4 is 0 Å². The molecule has 0 fully saturated rings. The highest BCUT2D eigenvalue weighted by Crippen LogP contribution is 2.32. The third-order valence-corrected chi connectivity index (χ3v) is 5.13. The van der Waals surface area contributed by atoms with Crippen LogP contribution in [-0.2, 0) is 0 Å². The van der Waals surface area contributed by atoms with Crippen LogP contribution >= 0.6 is 0 Å². The zero-order valence-corrected chi connectivity index (χ0v) is 16.7. The van der Waals surface area contributed by atoms with Gasteiger partial charge in [-0.3, -0.25) is 0 Å². The molecular weight excluding hydrogens is 320 g/mol. The van der Waals surface area contributed by atoms with E-state index in [-0.39, 0.29) is 0 Å². The minimum Gasteiger partial charge on any atom is -0.497 e. The second-order valence-electron chi connectivity index (χ2n) is 7.01. The molecule has 0 atom stereocenters. The van der Waals surface area contributed by atoms with Crippen molar-refractivity contribution in [3.05, 3.63) is 59.7 Å². The lowest BCUT2D eigenvalue weighted by Gasteiger charge is -2.19. The van der Waals surface area contributed by atoms with E-state index in [1.165, 1.54) is 62.5 Å². The van der Waals surface area contributed by atoms with Gasteiger partial charge >= 0.3 is 0 Å². The number of methoxy groups -OCH3 is 2. The molecule has 2 heteroatoms. The Morgan fingerprint density at radius 1 is 0.615 bits per heavy atom. The summed E-state index contributed by atoms with van der Waals surface area (Å²) in [5, 5.41) is 0. The summed E-state index contributed by atoms with van der Waals surface area (Å²) in [6.45, 7) is 2.27. The van der Waals surface area contributed by atoms with Gasteiger partial charge in [-0.15, -0.1) is 0 Å². The van der Waals surface area contributed by atoms with E-state index in [1.54, 1.807) is 14.2 Å². The lowest BCUT2D eigenvalue weighted by atomic mass is 9.86. The third kappa shape index (κ3) is 6.40. The molecule has 0 aromatic heterocycles. The molecule has 0 saturated heterocycles. The molecule has 26 heavy (non-hydrogen) atoms. The molecular formula is C24H34O2. The number of rotatable bonds is 12. The maximum absolute atomic E-state index is 5.31. The van der Waals surface area contributed by atoms with Crippen LogP contribution in [0.1, 0.15) is 75.3 Å². The first-order chi connectivity index (χ1) is 12.8. The van der Waals surface area contributed by atoms with Crippen LogP contribution in [0, 0.1) is 0 Å². The molecule has 0 amide bonds. The smallest absolute Gasteiger partial charge is 0.118 e. The maximum atomic E-state index is 5.31. The van der Waals surface area contributed by atoms with E-state index in [2.05, 4.69) is 55.5 Å². The largest absolute Gasteiger partial charge is 0.497 e. The topological polar surface area (TPSA) is 18.5 Å². The van der Waals surface area contributed by atoms with Gasteiger partial charge in [0.15, 0.2) is 0 Å². The van der Waals surface area contributed by atoms with Crippen LogP contribution in [0.4, 0.5) is 0 Å². The Morgan fingerprint density at radius 2 is 1.04 bits per heavy atom. The van der Waals surface area contributed by atoms with Crippen LogP contribution in [0.15, 0.2) is 48.5 Å². The lowest BCUT2D eigenvalue weighted by molar-refractivity contribution is 0.414. The van der Waals surface area contributed by atoms with Gasteiger partial charge in [0.25, 0.3) is 0 Å². The van der Waals surface area contributed by atoms with E-state index in [1.807, 2.05) is 0 Å². The summed E-state index contributed by atoms with van der Waals surface area (Å²) in [5.41, 5.74) is 2.73. The van der Waals surface area contributed by atoms with Gasteiger partial charge in [-0.05, 0) is 41.8 Å². The van der Waals surface area contributed by atoms with Gasteiger partial charge in [0.05, 0.1) is 14.2 Å². The summed E-state index contributed by atoms with van der Waals surface area (Å²) in [4.78, 5) is 0. The van der Waals surface area contributed by atoms with Crippen LogP contribution in [0.5, 0.6) is 11.5 Å². The molecule has 2 rings (SSSR count). The number of benzene rings is 2. The van der Waals surface area contributed by atoms with E-state index in [9.17, 15) is 0 Å². The molecule has 2 aromatic rings. The van der Waals surface area contributed by atoms with Crippen molar-refractivity contribution in [3.8, 4) is 11.5 Å². The average molecular weight is 355 g/mol. The van der Waals surface area contributed by atoms with Crippen LogP contribution < -0.4 is 9.47 Å².